The van der Waals surface area contributed by atoms with Gasteiger partial charge in [-0.1, -0.05) is 27.5 Å². The fraction of sp³-hybridized carbons (Fsp3) is 0.214. The Kier molecular flexibility index (Phi) is 4.66. The topological polar surface area (TPSA) is 31.4 Å². The quantitative estimate of drug-likeness (QED) is 0.776. The normalized spacial score (nSPS) is 10.6. The van der Waals surface area contributed by atoms with Gasteiger partial charge in [0.2, 0.25) is 0 Å². The fourth-order valence-corrected chi connectivity index (χ4v) is 1.95. The number of rotatable bonds is 4. The van der Waals surface area contributed by atoms with Gasteiger partial charge in [0.05, 0.1) is 11.1 Å². The summed E-state index contributed by atoms with van der Waals surface area (Å²) in [4.78, 5) is 4.18. The van der Waals surface area contributed by atoms with Crippen molar-refractivity contribution in [2.24, 2.45) is 0 Å². The zero-order valence-electron chi connectivity index (χ0n) is 10.6. The summed E-state index contributed by atoms with van der Waals surface area (Å²) in [5, 5.41) is 0.518. The molecule has 0 aliphatic carbocycles. The van der Waals surface area contributed by atoms with Gasteiger partial charge in [-0.25, -0.2) is 4.98 Å². The lowest BCUT2D eigenvalue weighted by molar-refractivity contribution is 0.231. The van der Waals surface area contributed by atoms with Gasteiger partial charge in [-0.3, -0.25) is 0 Å². The summed E-state index contributed by atoms with van der Waals surface area (Å²) in [5.74, 6) is 1.52. The van der Waals surface area contributed by atoms with Crippen molar-refractivity contribution in [2.45, 2.75) is 20.0 Å². The molecule has 1 aromatic heterocycles. The molecule has 0 fully saturated rings. The number of hydrogen-bond acceptors (Lipinski definition) is 3. The average molecular weight is 343 g/mol. The standard InChI is InChI=1S/C14H13BrClNO2/c1-9(2)18-12-4-3-7-17-14(12)19-13-8-10(15)5-6-11(13)16/h3-9H,1-2H3. The van der Waals surface area contributed by atoms with E-state index in [-0.39, 0.29) is 6.10 Å². The summed E-state index contributed by atoms with van der Waals surface area (Å²) in [6.45, 7) is 3.89. The van der Waals surface area contributed by atoms with Crippen LogP contribution in [0, 0.1) is 0 Å². The molecule has 19 heavy (non-hydrogen) atoms. The molecule has 2 rings (SSSR count). The Labute approximate surface area is 125 Å². The maximum atomic E-state index is 6.09. The summed E-state index contributed by atoms with van der Waals surface area (Å²) in [6.07, 6.45) is 1.69. The van der Waals surface area contributed by atoms with E-state index >= 15 is 0 Å². The largest absolute Gasteiger partial charge is 0.485 e. The molecule has 0 saturated heterocycles. The van der Waals surface area contributed by atoms with Crippen LogP contribution >= 0.6 is 27.5 Å². The molecule has 0 bridgehead atoms. The van der Waals surface area contributed by atoms with Gasteiger partial charge in [-0.2, -0.15) is 0 Å². The third kappa shape index (κ3) is 3.85. The molecule has 0 N–H and O–H groups in total. The summed E-state index contributed by atoms with van der Waals surface area (Å²) < 4.78 is 12.3. The van der Waals surface area contributed by atoms with Gasteiger partial charge in [0.1, 0.15) is 5.75 Å². The van der Waals surface area contributed by atoms with Crippen molar-refractivity contribution in [2.75, 3.05) is 0 Å². The second kappa shape index (κ2) is 6.26. The minimum Gasteiger partial charge on any atom is -0.485 e. The first kappa shape index (κ1) is 14.2. The lowest BCUT2D eigenvalue weighted by atomic mass is 10.3. The minimum atomic E-state index is 0.0459. The lowest BCUT2D eigenvalue weighted by Gasteiger charge is -2.14. The van der Waals surface area contributed by atoms with E-state index in [1.807, 2.05) is 26.0 Å². The molecule has 0 radical (unpaired) electrons. The molecule has 0 spiro atoms. The van der Waals surface area contributed by atoms with Crippen LogP contribution in [0.25, 0.3) is 0 Å². The lowest BCUT2D eigenvalue weighted by Crippen LogP contribution is -2.07. The third-order valence-electron chi connectivity index (χ3n) is 2.20. The van der Waals surface area contributed by atoms with E-state index in [9.17, 15) is 0 Å². The summed E-state index contributed by atoms with van der Waals surface area (Å²) >= 11 is 9.47. The Morgan fingerprint density at radius 1 is 1.21 bits per heavy atom. The maximum Gasteiger partial charge on any atom is 0.262 e. The molecular formula is C14H13BrClNO2. The second-order valence-corrected chi connectivity index (χ2v) is 5.47. The number of hydrogen-bond donors (Lipinski definition) is 0. The van der Waals surface area contributed by atoms with Crippen LogP contribution in [0.4, 0.5) is 0 Å². The number of pyridine rings is 1. The zero-order valence-corrected chi connectivity index (χ0v) is 12.9. The van der Waals surface area contributed by atoms with E-state index in [4.69, 9.17) is 21.1 Å². The number of halogens is 2. The monoisotopic (exact) mass is 341 g/mol. The van der Waals surface area contributed by atoms with Gasteiger partial charge in [0, 0.05) is 10.7 Å². The third-order valence-corrected chi connectivity index (χ3v) is 3.00. The highest BCUT2D eigenvalue weighted by atomic mass is 79.9. The summed E-state index contributed by atoms with van der Waals surface area (Å²) in [5.41, 5.74) is 0. The van der Waals surface area contributed by atoms with Crippen LogP contribution in [0.3, 0.4) is 0 Å². The number of benzene rings is 1. The van der Waals surface area contributed by atoms with Crippen LogP contribution in [-0.4, -0.2) is 11.1 Å². The van der Waals surface area contributed by atoms with E-state index < -0.39 is 0 Å². The van der Waals surface area contributed by atoms with Crippen molar-refractivity contribution < 1.29 is 9.47 Å². The maximum absolute atomic E-state index is 6.09. The van der Waals surface area contributed by atoms with Crippen LogP contribution in [-0.2, 0) is 0 Å². The van der Waals surface area contributed by atoms with Crippen molar-refractivity contribution >= 4 is 27.5 Å². The average Bonchev–Trinajstić information content (AvgIpc) is 2.35. The van der Waals surface area contributed by atoms with Crippen molar-refractivity contribution in [1.29, 1.82) is 0 Å². The highest BCUT2D eigenvalue weighted by Crippen LogP contribution is 2.35. The molecule has 0 aliphatic rings. The number of ether oxygens (including phenoxy) is 2. The Hall–Kier alpha value is -1.26. The Bertz CT molecular complexity index is 575. The number of aromatic nitrogens is 1. The highest BCUT2D eigenvalue weighted by Gasteiger charge is 2.11. The molecule has 0 saturated carbocycles. The Morgan fingerprint density at radius 3 is 2.74 bits per heavy atom. The zero-order chi connectivity index (χ0) is 13.8. The predicted octanol–water partition coefficient (Wildman–Crippen LogP) is 5.08. The van der Waals surface area contributed by atoms with E-state index in [1.165, 1.54) is 0 Å². The SMILES string of the molecule is CC(C)Oc1cccnc1Oc1cc(Br)ccc1Cl. The van der Waals surface area contributed by atoms with Crippen LogP contribution in [0.5, 0.6) is 17.4 Å². The smallest absolute Gasteiger partial charge is 0.262 e. The molecular weight excluding hydrogens is 330 g/mol. The van der Waals surface area contributed by atoms with E-state index in [1.54, 1.807) is 24.4 Å². The van der Waals surface area contributed by atoms with Gasteiger partial charge in [-0.05, 0) is 44.2 Å². The molecule has 100 valence electrons. The van der Waals surface area contributed by atoms with E-state index in [0.717, 1.165) is 4.47 Å². The first-order chi connectivity index (χ1) is 9.06. The van der Waals surface area contributed by atoms with Gasteiger partial charge in [0.25, 0.3) is 5.88 Å². The van der Waals surface area contributed by atoms with E-state index in [0.29, 0.717) is 22.4 Å². The minimum absolute atomic E-state index is 0.0459. The molecule has 3 nitrogen and oxygen atoms in total. The van der Waals surface area contributed by atoms with Crippen LogP contribution in [0.2, 0.25) is 5.02 Å². The van der Waals surface area contributed by atoms with Gasteiger partial charge in [-0.15, -0.1) is 0 Å². The summed E-state index contributed by atoms with van der Waals surface area (Å²) in [7, 11) is 0. The van der Waals surface area contributed by atoms with Crippen molar-refractivity contribution in [1.82, 2.24) is 4.98 Å². The molecule has 0 aliphatic heterocycles. The molecule has 1 heterocycles. The molecule has 2 aromatic rings. The Morgan fingerprint density at radius 2 is 2.00 bits per heavy atom. The second-order valence-electron chi connectivity index (χ2n) is 4.15. The van der Waals surface area contributed by atoms with Crippen molar-refractivity contribution in [3.63, 3.8) is 0 Å². The highest BCUT2D eigenvalue weighted by molar-refractivity contribution is 9.10. The molecule has 1 aromatic carbocycles. The summed E-state index contributed by atoms with van der Waals surface area (Å²) in [6, 6.07) is 9.00. The first-order valence-electron chi connectivity index (χ1n) is 5.81. The van der Waals surface area contributed by atoms with Gasteiger partial charge >= 0.3 is 0 Å². The van der Waals surface area contributed by atoms with Crippen LogP contribution in [0.1, 0.15) is 13.8 Å². The molecule has 0 unspecified atom stereocenters. The molecule has 5 heteroatoms. The predicted molar refractivity (Wildman–Crippen MR) is 79.2 cm³/mol. The molecule has 0 amide bonds. The Balaban J connectivity index is 2.30. The van der Waals surface area contributed by atoms with Crippen molar-refractivity contribution in [3.05, 3.63) is 46.0 Å². The van der Waals surface area contributed by atoms with Crippen molar-refractivity contribution in [3.8, 4) is 17.4 Å². The first-order valence-corrected chi connectivity index (χ1v) is 6.98. The van der Waals surface area contributed by atoms with Crippen LogP contribution < -0.4 is 9.47 Å². The van der Waals surface area contributed by atoms with Crippen LogP contribution in [0.15, 0.2) is 41.0 Å². The fourth-order valence-electron chi connectivity index (χ4n) is 1.46. The molecule has 0 atom stereocenters. The van der Waals surface area contributed by atoms with Gasteiger partial charge in [0.15, 0.2) is 5.75 Å². The van der Waals surface area contributed by atoms with Gasteiger partial charge < -0.3 is 9.47 Å². The van der Waals surface area contributed by atoms with E-state index in [2.05, 4.69) is 20.9 Å². The number of nitrogens with zero attached hydrogens (tertiary/aromatic N) is 1.